The van der Waals surface area contributed by atoms with Crippen molar-refractivity contribution < 1.29 is 4.79 Å². The SMILES string of the molecule is Cc1ccc(SCC(=O)Nc2ccnn2C2CCCCC2)cc1. The van der Waals surface area contributed by atoms with Crippen molar-refractivity contribution in [1.29, 1.82) is 0 Å². The lowest BCUT2D eigenvalue weighted by molar-refractivity contribution is -0.113. The van der Waals surface area contributed by atoms with Crippen LogP contribution in [0, 0.1) is 6.92 Å². The Morgan fingerprint density at radius 2 is 1.96 bits per heavy atom. The van der Waals surface area contributed by atoms with Crippen LogP contribution in [0.2, 0.25) is 0 Å². The van der Waals surface area contributed by atoms with Crippen LogP contribution in [0.25, 0.3) is 0 Å². The summed E-state index contributed by atoms with van der Waals surface area (Å²) in [5.74, 6) is 1.26. The van der Waals surface area contributed by atoms with E-state index in [0.717, 1.165) is 23.6 Å². The van der Waals surface area contributed by atoms with Crippen molar-refractivity contribution in [2.45, 2.75) is 50.0 Å². The number of benzene rings is 1. The number of nitrogens with one attached hydrogen (secondary N) is 1. The van der Waals surface area contributed by atoms with Gasteiger partial charge in [-0.25, -0.2) is 4.68 Å². The Balaban J connectivity index is 1.55. The molecule has 0 aliphatic heterocycles. The Hall–Kier alpha value is -1.75. The quantitative estimate of drug-likeness (QED) is 0.826. The van der Waals surface area contributed by atoms with Gasteiger partial charge in [0.15, 0.2) is 0 Å². The Kier molecular flexibility index (Phi) is 5.39. The zero-order valence-corrected chi connectivity index (χ0v) is 14.3. The zero-order chi connectivity index (χ0) is 16.1. The maximum absolute atomic E-state index is 12.2. The number of rotatable bonds is 5. The molecule has 1 fully saturated rings. The van der Waals surface area contributed by atoms with E-state index in [-0.39, 0.29) is 5.91 Å². The molecule has 1 aliphatic rings. The largest absolute Gasteiger partial charge is 0.310 e. The molecule has 0 saturated heterocycles. The third-order valence-corrected chi connectivity index (χ3v) is 5.26. The first-order valence-corrected chi connectivity index (χ1v) is 9.24. The fourth-order valence-electron chi connectivity index (χ4n) is 2.99. The van der Waals surface area contributed by atoms with Gasteiger partial charge in [0.25, 0.3) is 0 Å². The van der Waals surface area contributed by atoms with E-state index < -0.39 is 0 Å². The lowest BCUT2D eigenvalue weighted by Crippen LogP contribution is -2.21. The van der Waals surface area contributed by atoms with Gasteiger partial charge in [-0.05, 0) is 31.9 Å². The van der Waals surface area contributed by atoms with E-state index in [2.05, 4.69) is 41.6 Å². The summed E-state index contributed by atoms with van der Waals surface area (Å²) in [6.07, 6.45) is 7.90. The Morgan fingerprint density at radius 3 is 2.70 bits per heavy atom. The number of hydrogen-bond donors (Lipinski definition) is 1. The minimum absolute atomic E-state index is 0.0214. The van der Waals surface area contributed by atoms with Gasteiger partial charge < -0.3 is 5.32 Å². The zero-order valence-electron chi connectivity index (χ0n) is 13.5. The maximum atomic E-state index is 12.2. The van der Waals surface area contributed by atoms with Gasteiger partial charge in [0.05, 0.1) is 18.0 Å². The molecule has 23 heavy (non-hydrogen) atoms. The lowest BCUT2D eigenvalue weighted by Gasteiger charge is -2.23. The van der Waals surface area contributed by atoms with E-state index >= 15 is 0 Å². The second-order valence-corrected chi connectivity index (χ2v) is 7.15. The highest BCUT2D eigenvalue weighted by Gasteiger charge is 2.19. The van der Waals surface area contributed by atoms with Crippen LogP contribution >= 0.6 is 11.8 Å². The number of anilines is 1. The topological polar surface area (TPSA) is 46.9 Å². The molecule has 4 nitrogen and oxygen atoms in total. The standard InChI is InChI=1S/C18H23N3OS/c1-14-7-9-16(10-8-14)23-13-18(22)20-17-11-12-19-21(17)15-5-3-2-4-6-15/h7-12,15H,2-6,13H2,1H3,(H,20,22). The number of aryl methyl sites for hydroxylation is 1. The summed E-state index contributed by atoms with van der Waals surface area (Å²) in [4.78, 5) is 13.3. The van der Waals surface area contributed by atoms with Gasteiger partial charge in [-0.1, -0.05) is 37.0 Å². The van der Waals surface area contributed by atoms with Crippen molar-refractivity contribution >= 4 is 23.5 Å². The fourth-order valence-corrected chi connectivity index (χ4v) is 3.69. The molecule has 1 amide bonds. The number of aromatic nitrogens is 2. The van der Waals surface area contributed by atoms with E-state index in [9.17, 15) is 4.79 Å². The molecule has 3 rings (SSSR count). The Bertz CT molecular complexity index is 645. The molecule has 1 saturated carbocycles. The molecule has 1 aromatic carbocycles. The van der Waals surface area contributed by atoms with Crippen molar-refractivity contribution in [2.75, 3.05) is 11.1 Å². The summed E-state index contributed by atoms with van der Waals surface area (Å²) in [6.45, 7) is 2.06. The van der Waals surface area contributed by atoms with Gasteiger partial charge in [-0.3, -0.25) is 4.79 Å². The van der Waals surface area contributed by atoms with E-state index in [1.807, 2.05) is 10.7 Å². The molecule has 0 unspecified atom stereocenters. The van der Waals surface area contributed by atoms with Gasteiger partial charge in [0.1, 0.15) is 5.82 Å². The minimum atomic E-state index is 0.0214. The van der Waals surface area contributed by atoms with Gasteiger partial charge in [-0.2, -0.15) is 5.10 Å². The summed E-state index contributed by atoms with van der Waals surface area (Å²) >= 11 is 1.56. The molecule has 0 radical (unpaired) electrons. The van der Waals surface area contributed by atoms with Gasteiger partial charge in [-0.15, -0.1) is 11.8 Å². The highest BCUT2D eigenvalue weighted by Crippen LogP contribution is 2.30. The van der Waals surface area contributed by atoms with Crippen LogP contribution in [0.15, 0.2) is 41.4 Å². The average Bonchev–Trinajstić information content (AvgIpc) is 3.03. The molecular weight excluding hydrogens is 306 g/mol. The molecule has 1 aromatic heterocycles. The monoisotopic (exact) mass is 329 g/mol. The third kappa shape index (κ3) is 4.38. The second kappa shape index (κ2) is 7.68. The molecule has 0 spiro atoms. The number of amides is 1. The third-order valence-electron chi connectivity index (χ3n) is 4.25. The molecule has 0 atom stereocenters. The summed E-state index contributed by atoms with van der Waals surface area (Å²) in [5.41, 5.74) is 1.23. The molecule has 0 bridgehead atoms. The van der Waals surface area contributed by atoms with Crippen molar-refractivity contribution in [1.82, 2.24) is 9.78 Å². The molecule has 1 heterocycles. The van der Waals surface area contributed by atoms with Crippen LogP contribution in [0.4, 0.5) is 5.82 Å². The normalized spacial score (nSPS) is 15.5. The molecule has 1 aliphatic carbocycles. The Morgan fingerprint density at radius 1 is 1.22 bits per heavy atom. The second-order valence-electron chi connectivity index (χ2n) is 6.10. The van der Waals surface area contributed by atoms with Crippen molar-refractivity contribution in [3.8, 4) is 0 Å². The predicted molar refractivity (Wildman–Crippen MR) is 94.9 cm³/mol. The number of thioether (sulfide) groups is 1. The van der Waals surface area contributed by atoms with Crippen molar-refractivity contribution in [2.24, 2.45) is 0 Å². The molecule has 5 heteroatoms. The highest BCUT2D eigenvalue weighted by atomic mass is 32.2. The molecular formula is C18H23N3OS. The van der Waals surface area contributed by atoms with Crippen LogP contribution in [-0.2, 0) is 4.79 Å². The number of nitrogens with zero attached hydrogens (tertiary/aromatic N) is 2. The Labute approximate surface area is 141 Å². The van der Waals surface area contributed by atoms with E-state index in [1.165, 1.54) is 24.8 Å². The van der Waals surface area contributed by atoms with Crippen LogP contribution < -0.4 is 5.32 Å². The molecule has 1 N–H and O–H groups in total. The van der Waals surface area contributed by atoms with Gasteiger partial charge in [0, 0.05) is 11.0 Å². The van der Waals surface area contributed by atoms with Gasteiger partial charge in [0.2, 0.25) is 5.91 Å². The first-order valence-electron chi connectivity index (χ1n) is 8.25. The fraction of sp³-hybridized carbons (Fsp3) is 0.444. The summed E-state index contributed by atoms with van der Waals surface area (Å²) in [5, 5.41) is 7.43. The van der Waals surface area contributed by atoms with E-state index in [0.29, 0.717) is 11.8 Å². The average molecular weight is 329 g/mol. The van der Waals surface area contributed by atoms with Crippen LogP contribution in [0.3, 0.4) is 0 Å². The maximum Gasteiger partial charge on any atom is 0.235 e. The minimum Gasteiger partial charge on any atom is -0.310 e. The summed E-state index contributed by atoms with van der Waals surface area (Å²) in [6, 6.07) is 10.6. The lowest BCUT2D eigenvalue weighted by atomic mass is 9.96. The number of hydrogen-bond acceptors (Lipinski definition) is 3. The first kappa shape index (κ1) is 16.1. The van der Waals surface area contributed by atoms with Crippen molar-refractivity contribution in [3.05, 3.63) is 42.1 Å². The van der Waals surface area contributed by atoms with E-state index in [1.54, 1.807) is 18.0 Å². The highest BCUT2D eigenvalue weighted by molar-refractivity contribution is 8.00. The number of carbonyl (C=O) groups excluding carboxylic acids is 1. The number of carbonyl (C=O) groups is 1. The van der Waals surface area contributed by atoms with Crippen LogP contribution in [-0.4, -0.2) is 21.4 Å². The molecule has 2 aromatic rings. The smallest absolute Gasteiger partial charge is 0.235 e. The van der Waals surface area contributed by atoms with Crippen LogP contribution in [0.1, 0.15) is 43.7 Å². The first-order chi connectivity index (χ1) is 11.2. The van der Waals surface area contributed by atoms with Crippen molar-refractivity contribution in [3.63, 3.8) is 0 Å². The molecule has 122 valence electrons. The van der Waals surface area contributed by atoms with E-state index in [4.69, 9.17) is 0 Å². The van der Waals surface area contributed by atoms with Gasteiger partial charge >= 0.3 is 0 Å². The summed E-state index contributed by atoms with van der Waals surface area (Å²) < 4.78 is 1.99. The summed E-state index contributed by atoms with van der Waals surface area (Å²) in [7, 11) is 0. The van der Waals surface area contributed by atoms with Crippen LogP contribution in [0.5, 0.6) is 0 Å². The predicted octanol–water partition coefficient (Wildman–Crippen LogP) is 4.43.